The number of aliphatic hydroxyl groups is 1. The normalized spacial score (nSPS) is 27.6. The highest BCUT2D eigenvalue weighted by Crippen LogP contribution is 2.14. The molecule has 15 heavy (non-hydrogen) atoms. The van der Waals surface area contributed by atoms with Crippen molar-refractivity contribution in [1.82, 2.24) is 4.90 Å². The Balaban J connectivity index is 2.40. The van der Waals surface area contributed by atoms with Gasteiger partial charge in [0.05, 0.1) is 19.3 Å². The number of β-amino-alcohol motifs (C(OH)–C–C–N with tert-alkyl or cyclic N) is 1. The summed E-state index contributed by atoms with van der Waals surface area (Å²) in [4.78, 5) is 2.38. The van der Waals surface area contributed by atoms with Crippen LogP contribution in [0, 0.1) is 5.92 Å². The average molecular weight is 215 g/mol. The van der Waals surface area contributed by atoms with Gasteiger partial charge >= 0.3 is 0 Å². The Morgan fingerprint density at radius 1 is 1.47 bits per heavy atom. The Kier molecular flexibility index (Phi) is 5.58. The maximum Gasteiger partial charge on any atom is 0.0692 e. The van der Waals surface area contributed by atoms with Crippen LogP contribution in [0.15, 0.2) is 0 Å². The molecule has 1 heterocycles. The number of rotatable bonds is 5. The third-order valence-electron chi connectivity index (χ3n) is 3.54. The lowest BCUT2D eigenvalue weighted by atomic mass is 10.0. The molecule has 3 unspecified atom stereocenters. The van der Waals surface area contributed by atoms with E-state index in [0.717, 1.165) is 39.1 Å². The van der Waals surface area contributed by atoms with Gasteiger partial charge in [0.15, 0.2) is 0 Å². The third kappa shape index (κ3) is 3.74. The first-order chi connectivity index (χ1) is 7.19. The van der Waals surface area contributed by atoms with Crippen LogP contribution >= 0.6 is 0 Å². The summed E-state index contributed by atoms with van der Waals surface area (Å²) >= 11 is 0. The smallest absolute Gasteiger partial charge is 0.0692 e. The molecular formula is C12H25NO2. The lowest BCUT2D eigenvalue weighted by Gasteiger charge is -2.37. The Bertz CT molecular complexity index is 175. The van der Waals surface area contributed by atoms with Gasteiger partial charge in [0.25, 0.3) is 0 Å². The minimum atomic E-state index is -0.192. The Morgan fingerprint density at radius 3 is 2.80 bits per heavy atom. The van der Waals surface area contributed by atoms with Gasteiger partial charge in [-0.05, 0) is 12.3 Å². The van der Waals surface area contributed by atoms with Crippen molar-refractivity contribution >= 4 is 0 Å². The van der Waals surface area contributed by atoms with Crippen LogP contribution in [-0.2, 0) is 4.74 Å². The first-order valence-electron chi connectivity index (χ1n) is 6.18. The van der Waals surface area contributed by atoms with Crippen molar-refractivity contribution in [3.63, 3.8) is 0 Å². The van der Waals surface area contributed by atoms with Gasteiger partial charge in [-0.2, -0.15) is 0 Å². The van der Waals surface area contributed by atoms with Crippen LogP contribution in [0.3, 0.4) is 0 Å². The van der Waals surface area contributed by atoms with E-state index in [0.29, 0.717) is 12.0 Å². The fourth-order valence-electron chi connectivity index (χ4n) is 2.00. The van der Waals surface area contributed by atoms with E-state index in [2.05, 4.69) is 25.7 Å². The molecule has 0 bridgehead atoms. The molecule has 90 valence electrons. The van der Waals surface area contributed by atoms with Crippen LogP contribution in [0.5, 0.6) is 0 Å². The summed E-state index contributed by atoms with van der Waals surface area (Å²) in [6.07, 6.45) is 1.96. The molecule has 0 aliphatic carbocycles. The summed E-state index contributed by atoms with van der Waals surface area (Å²) in [6.45, 7) is 9.83. The van der Waals surface area contributed by atoms with E-state index in [9.17, 15) is 5.11 Å². The van der Waals surface area contributed by atoms with Crippen LogP contribution < -0.4 is 0 Å². The fourth-order valence-corrected chi connectivity index (χ4v) is 2.00. The zero-order chi connectivity index (χ0) is 11.3. The zero-order valence-electron chi connectivity index (χ0n) is 10.3. The molecule has 0 radical (unpaired) electrons. The predicted molar refractivity (Wildman–Crippen MR) is 61.9 cm³/mol. The van der Waals surface area contributed by atoms with E-state index in [1.54, 1.807) is 0 Å². The van der Waals surface area contributed by atoms with Gasteiger partial charge < -0.3 is 9.84 Å². The molecule has 3 nitrogen and oxygen atoms in total. The minimum Gasteiger partial charge on any atom is -0.392 e. The first-order valence-corrected chi connectivity index (χ1v) is 6.18. The van der Waals surface area contributed by atoms with Gasteiger partial charge in [-0.25, -0.2) is 0 Å². The lowest BCUT2D eigenvalue weighted by molar-refractivity contribution is -0.0355. The van der Waals surface area contributed by atoms with Crippen molar-refractivity contribution in [3.05, 3.63) is 0 Å². The highest BCUT2D eigenvalue weighted by Gasteiger charge is 2.24. The van der Waals surface area contributed by atoms with Crippen molar-refractivity contribution in [2.75, 3.05) is 26.3 Å². The Labute approximate surface area is 93.4 Å². The molecule has 1 aliphatic rings. The van der Waals surface area contributed by atoms with Gasteiger partial charge in [-0.1, -0.05) is 27.2 Å². The summed E-state index contributed by atoms with van der Waals surface area (Å²) in [6, 6.07) is 0.498. The number of ether oxygens (including phenoxy) is 1. The largest absolute Gasteiger partial charge is 0.392 e. The van der Waals surface area contributed by atoms with Crippen molar-refractivity contribution in [2.24, 2.45) is 5.92 Å². The molecule has 3 atom stereocenters. The van der Waals surface area contributed by atoms with E-state index in [-0.39, 0.29) is 6.10 Å². The minimum absolute atomic E-state index is 0.192. The van der Waals surface area contributed by atoms with Crippen LogP contribution in [0.25, 0.3) is 0 Å². The third-order valence-corrected chi connectivity index (χ3v) is 3.54. The van der Waals surface area contributed by atoms with Gasteiger partial charge in [0.2, 0.25) is 0 Å². The molecule has 0 aromatic heterocycles. The molecule has 1 N–H and O–H groups in total. The molecule has 3 heteroatoms. The van der Waals surface area contributed by atoms with Crippen LogP contribution in [0.1, 0.15) is 33.6 Å². The van der Waals surface area contributed by atoms with Crippen molar-refractivity contribution in [2.45, 2.75) is 45.8 Å². The van der Waals surface area contributed by atoms with Gasteiger partial charge in [0.1, 0.15) is 0 Å². The van der Waals surface area contributed by atoms with Gasteiger partial charge in [-0.3, -0.25) is 4.90 Å². The molecule has 1 fully saturated rings. The van der Waals surface area contributed by atoms with Crippen LogP contribution in [-0.4, -0.2) is 48.5 Å². The molecule has 0 aromatic rings. The quantitative estimate of drug-likeness (QED) is 0.754. The first kappa shape index (κ1) is 12.9. The second-order valence-electron chi connectivity index (χ2n) is 4.58. The van der Waals surface area contributed by atoms with E-state index in [1.165, 1.54) is 0 Å². The zero-order valence-corrected chi connectivity index (χ0v) is 10.3. The monoisotopic (exact) mass is 215 g/mol. The molecule has 1 aliphatic heterocycles. The maximum absolute atomic E-state index is 10.0. The molecule has 0 spiro atoms. The fraction of sp³-hybridized carbons (Fsp3) is 1.00. The standard InChI is InChI=1S/C12H25NO2/c1-4-10(3)12(14)8-13-6-7-15-9-11(13)5-2/h10-12,14H,4-9H2,1-3H3. The highest BCUT2D eigenvalue weighted by molar-refractivity contribution is 4.77. The van der Waals surface area contributed by atoms with E-state index < -0.39 is 0 Å². The molecule has 0 aromatic carbocycles. The van der Waals surface area contributed by atoms with Crippen molar-refractivity contribution in [3.8, 4) is 0 Å². The Morgan fingerprint density at radius 2 is 2.20 bits per heavy atom. The summed E-state index contributed by atoms with van der Waals surface area (Å²) in [5.74, 6) is 0.394. The topological polar surface area (TPSA) is 32.7 Å². The highest BCUT2D eigenvalue weighted by atomic mass is 16.5. The summed E-state index contributed by atoms with van der Waals surface area (Å²) in [5.41, 5.74) is 0. The summed E-state index contributed by atoms with van der Waals surface area (Å²) in [5, 5.41) is 10.0. The lowest BCUT2D eigenvalue weighted by Crippen LogP contribution is -2.49. The molecule has 0 saturated carbocycles. The van der Waals surface area contributed by atoms with E-state index in [1.807, 2.05) is 0 Å². The molecular weight excluding hydrogens is 190 g/mol. The van der Waals surface area contributed by atoms with E-state index in [4.69, 9.17) is 4.74 Å². The second-order valence-corrected chi connectivity index (χ2v) is 4.58. The summed E-state index contributed by atoms with van der Waals surface area (Å²) in [7, 11) is 0. The number of morpholine rings is 1. The van der Waals surface area contributed by atoms with Crippen LogP contribution in [0.4, 0.5) is 0 Å². The molecule has 0 amide bonds. The van der Waals surface area contributed by atoms with Gasteiger partial charge in [0, 0.05) is 19.1 Å². The number of hydrogen-bond donors (Lipinski definition) is 1. The summed E-state index contributed by atoms with van der Waals surface area (Å²) < 4.78 is 5.45. The SMILES string of the molecule is CCC(C)C(O)CN1CCOCC1CC. The number of hydrogen-bond acceptors (Lipinski definition) is 3. The average Bonchev–Trinajstić information content (AvgIpc) is 2.28. The van der Waals surface area contributed by atoms with E-state index >= 15 is 0 Å². The van der Waals surface area contributed by atoms with Gasteiger partial charge in [-0.15, -0.1) is 0 Å². The number of nitrogens with zero attached hydrogens (tertiary/aromatic N) is 1. The maximum atomic E-state index is 10.0. The van der Waals surface area contributed by atoms with Crippen molar-refractivity contribution in [1.29, 1.82) is 0 Å². The number of aliphatic hydroxyl groups excluding tert-OH is 1. The van der Waals surface area contributed by atoms with Crippen molar-refractivity contribution < 1.29 is 9.84 Å². The second kappa shape index (κ2) is 6.46. The Hall–Kier alpha value is -0.120. The molecule has 1 saturated heterocycles. The van der Waals surface area contributed by atoms with Crippen LogP contribution in [0.2, 0.25) is 0 Å². The predicted octanol–water partition coefficient (Wildman–Crippen LogP) is 1.50. The molecule has 1 rings (SSSR count).